The molecule has 0 spiro atoms. The number of carbonyl (C=O) groups excluding carboxylic acids is 1. The minimum Gasteiger partial charge on any atom is -0.384 e. The van der Waals surface area contributed by atoms with Crippen molar-refractivity contribution in [1.82, 2.24) is 5.32 Å². The van der Waals surface area contributed by atoms with Gasteiger partial charge in [-0.2, -0.15) is 0 Å². The van der Waals surface area contributed by atoms with Crippen LogP contribution in [0.15, 0.2) is 0 Å². The van der Waals surface area contributed by atoms with Gasteiger partial charge in [0.2, 0.25) is 5.91 Å². The number of carbonyl (C=O) groups is 1. The highest BCUT2D eigenvalue weighted by molar-refractivity contribution is 9.09. The van der Waals surface area contributed by atoms with E-state index in [4.69, 9.17) is 4.74 Å². The summed E-state index contributed by atoms with van der Waals surface area (Å²) in [6.07, 6.45) is 6.71. The number of hydrogen-bond acceptors (Lipinski definition) is 2. The Hall–Kier alpha value is -0.0900. The number of methoxy groups -OCH3 is 1. The zero-order valence-electron chi connectivity index (χ0n) is 10.0. The van der Waals surface area contributed by atoms with E-state index in [0.717, 1.165) is 19.4 Å². The third kappa shape index (κ3) is 5.85. The van der Waals surface area contributed by atoms with Crippen molar-refractivity contribution in [2.75, 3.05) is 20.3 Å². The number of nitrogens with one attached hydrogen (secondary N) is 1. The molecule has 94 valence electrons. The highest BCUT2D eigenvalue weighted by atomic mass is 79.9. The Morgan fingerprint density at radius 1 is 1.50 bits per heavy atom. The smallest absolute Gasteiger partial charge is 0.220 e. The van der Waals surface area contributed by atoms with E-state index in [-0.39, 0.29) is 5.91 Å². The first-order chi connectivity index (χ1) is 7.72. The Bertz CT molecular complexity index is 205. The maximum Gasteiger partial charge on any atom is 0.220 e. The minimum absolute atomic E-state index is 0.212. The zero-order valence-corrected chi connectivity index (χ0v) is 11.6. The molecule has 1 fully saturated rings. The standard InChI is InChI=1S/C12H22BrNO2/c1-16-9-11(13)6-7-14-12(15)8-10-4-2-3-5-10/h10-11H,2-9H2,1H3,(H,14,15). The molecule has 1 unspecified atom stereocenters. The van der Waals surface area contributed by atoms with E-state index >= 15 is 0 Å². The second-order valence-electron chi connectivity index (χ2n) is 4.55. The van der Waals surface area contributed by atoms with Gasteiger partial charge in [-0.25, -0.2) is 0 Å². The van der Waals surface area contributed by atoms with Crippen LogP contribution in [0.1, 0.15) is 38.5 Å². The van der Waals surface area contributed by atoms with Crippen LogP contribution in [-0.2, 0) is 9.53 Å². The highest BCUT2D eigenvalue weighted by Crippen LogP contribution is 2.27. The van der Waals surface area contributed by atoms with Gasteiger partial charge in [-0.1, -0.05) is 28.8 Å². The SMILES string of the molecule is COCC(Br)CCNC(=O)CC1CCCC1. The van der Waals surface area contributed by atoms with Gasteiger partial charge in [-0.3, -0.25) is 4.79 Å². The summed E-state index contributed by atoms with van der Waals surface area (Å²) in [4.78, 5) is 11.9. The number of rotatable bonds is 7. The lowest BCUT2D eigenvalue weighted by Crippen LogP contribution is -2.28. The molecule has 1 amide bonds. The zero-order chi connectivity index (χ0) is 11.8. The summed E-state index contributed by atoms with van der Waals surface area (Å²) in [6, 6.07) is 0. The predicted molar refractivity (Wildman–Crippen MR) is 68.8 cm³/mol. The summed E-state index contributed by atoms with van der Waals surface area (Å²) < 4.78 is 5.01. The largest absolute Gasteiger partial charge is 0.384 e. The van der Waals surface area contributed by atoms with Gasteiger partial charge in [0.05, 0.1) is 6.61 Å². The molecule has 0 heterocycles. The van der Waals surface area contributed by atoms with Crippen molar-refractivity contribution in [1.29, 1.82) is 0 Å². The van der Waals surface area contributed by atoms with Crippen molar-refractivity contribution < 1.29 is 9.53 Å². The van der Waals surface area contributed by atoms with Gasteiger partial charge in [0.15, 0.2) is 0 Å². The van der Waals surface area contributed by atoms with Gasteiger partial charge in [0.1, 0.15) is 0 Å². The molecule has 4 heteroatoms. The van der Waals surface area contributed by atoms with Crippen molar-refractivity contribution >= 4 is 21.8 Å². The second-order valence-corrected chi connectivity index (χ2v) is 5.84. The van der Waals surface area contributed by atoms with E-state index in [0.29, 0.717) is 17.4 Å². The summed E-state index contributed by atoms with van der Waals surface area (Å²) in [5.41, 5.74) is 0. The average Bonchev–Trinajstić information content (AvgIpc) is 2.70. The van der Waals surface area contributed by atoms with Crippen LogP contribution in [0.5, 0.6) is 0 Å². The number of hydrogen-bond donors (Lipinski definition) is 1. The number of ether oxygens (including phenoxy) is 1. The maximum absolute atomic E-state index is 11.6. The van der Waals surface area contributed by atoms with Gasteiger partial charge in [0.25, 0.3) is 0 Å². The fraction of sp³-hybridized carbons (Fsp3) is 0.917. The first-order valence-corrected chi connectivity index (χ1v) is 7.03. The van der Waals surface area contributed by atoms with Crippen LogP contribution < -0.4 is 5.32 Å². The molecule has 16 heavy (non-hydrogen) atoms. The Morgan fingerprint density at radius 2 is 2.19 bits per heavy atom. The van der Waals surface area contributed by atoms with E-state index < -0.39 is 0 Å². The summed E-state index contributed by atoms with van der Waals surface area (Å²) in [5, 5.41) is 2.97. The topological polar surface area (TPSA) is 38.3 Å². The van der Waals surface area contributed by atoms with E-state index in [1.54, 1.807) is 7.11 Å². The lowest BCUT2D eigenvalue weighted by molar-refractivity contribution is -0.121. The Morgan fingerprint density at radius 3 is 2.81 bits per heavy atom. The molecule has 0 bridgehead atoms. The quantitative estimate of drug-likeness (QED) is 0.732. The van der Waals surface area contributed by atoms with Gasteiger partial charge in [-0.15, -0.1) is 0 Å². The van der Waals surface area contributed by atoms with Crippen LogP contribution in [-0.4, -0.2) is 31.0 Å². The van der Waals surface area contributed by atoms with E-state index in [2.05, 4.69) is 21.2 Å². The predicted octanol–water partition coefficient (Wildman–Crippen LogP) is 2.48. The maximum atomic E-state index is 11.6. The molecule has 1 atom stereocenters. The van der Waals surface area contributed by atoms with Crippen molar-refractivity contribution in [2.24, 2.45) is 5.92 Å². The Balaban J connectivity index is 2.01. The average molecular weight is 292 g/mol. The number of alkyl halides is 1. The fourth-order valence-corrected chi connectivity index (χ4v) is 2.67. The third-order valence-corrected chi connectivity index (χ3v) is 3.80. The van der Waals surface area contributed by atoms with E-state index in [1.165, 1.54) is 25.7 Å². The van der Waals surface area contributed by atoms with Gasteiger partial charge < -0.3 is 10.1 Å². The number of amides is 1. The molecule has 0 aromatic heterocycles. The molecular formula is C12H22BrNO2. The molecule has 0 aliphatic heterocycles. The van der Waals surface area contributed by atoms with Crippen LogP contribution in [0.3, 0.4) is 0 Å². The second kappa shape index (κ2) is 8.07. The van der Waals surface area contributed by atoms with Gasteiger partial charge in [-0.05, 0) is 25.2 Å². The molecule has 0 radical (unpaired) electrons. The van der Waals surface area contributed by atoms with Crippen LogP contribution in [0.4, 0.5) is 0 Å². The molecule has 3 nitrogen and oxygen atoms in total. The number of halogens is 1. The van der Waals surface area contributed by atoms with E-state index in [1.807, 2.05) is 0 Å². The lowest BCUT2D eigenvalue weighted by atomic mass is 10.0. The van der Waals surface area contributed by atoms with Gasteiger partial charge in [0, 0.05) is 24.9 Å². The molecular weight excluding hydrogens is 270 g/mol. The van der Waals surface area contributed by atoms with Crippen molar-refractivity contribution in [3.05, 3.63) is 0 Å². The molecule has 1 aliphatic rings. The first-order valence-electron chi connectivity index (χ1n) is 6.12. The summed E-state index contributed by atoms with van der Waals surface area (Å²) in [5.74, 6) is 0.850. The summed E-state index contributed by atoms with van der Waals surface area (Å²) >= 11 is 3.50. The van der Waals surface area contributed by atoms with Crippen LogP contribution in [0.2, 0.25) is 0 Å². The van der Waals surface area contributed by atoms with Gasteiger partial charge >= 0.3 is 0 Å². The third-order valence-electron chi connectivity index (χ3n) is 3.08. The summed E-state index contributed by atoms with van der Waals surface area (Å²) in [7, 11) is 1.69. The molecule has 1 rings (SSSR count). The summed E-state index contributed by atoms with van der Waals surface area (Å²) in [6.45, 7) is 1.43. The molecule has 0 aromatic rings. The van der Waals surface area contributed by atoms with Crippen molar-refractivity contribution in [3.63, 3.8) is 0 Å². The molecule has 0 aromatic carbocycles. The van der Waals surface area contributed by atoms with Crippen LogP contribution >= 0.6 is 15.9 Å². The van der Waals surface area contributed by atoms with Crippen molar-refractivity contribution in [2.45, 2.75) is 43.4 Å². The minimum atomic E-state index is 0.212. The molecule has 1 N–H and O–H groups in total. The van der Waals surface area contributed by atoms with Crippen LogP contribution in [0, 0.1) is 5.92 Å². The van der Waals surface area contributed by atoms with E-state index in [9.17, 15) is 4.79 Å². The monoisotopic (exact) mass is 291 g/mol. The first kappa shape index (κ1) is 14.0. The fourth-order valence-electron chi connectivity index (χ4n) is 2.18. The van der Waals surface area contributed by atoms with Crippen LogP contribution in [0.25, 0.3) is 0 Å². The molecule has 1 aliphatic carbocycles. The Kier molecular flexibility index (Phi) is 7.05. The van der Waals surface area contributed by atoms with Crippen molar-refractivity contribution in [3.8, 4) is 0 Å². The molecule has 0 saturated heterocycles. The highest BCUT2D eigenvalue weighted by Gasteiger charge is 2.18. The Labute approximate surface area is 106 Å². The normalized spacial score (nSPS) is 18.6. The lowest BCUT2D eigenvalue weighted by Gasteiger charge is -2.11. The molecule has 1 saturated carbocycles.